The zero-order chi connectivity index (χ0) is 17.1. The molecule has 0 aliphatic carbocycles. The molecule has 1 fully saturated rings. The van der Waals surface area contributed by atoms with Crippen LogP contribution in [0.2, 0.25) is 0 Å². The summed E-state index contributed by atoms with van der Waals surface area (Å²) in [7, 11) is 0. The highest BCUT2D eigenvalue weighted by Gasteiger charge is 2.27. The number of aliphatic hydroxyl groups excluding tert-OH is 1. The van der Waals surface area contributed by atoms with Crippen molar-refractivity contribution in [2.24, 2.45) is 5.92 Å². The van der Waals surface area contributed by atoms with E-state index < -0.39 is 6.10 Å². The first kappa shape index (κ1) is 16.9. The fourth-order valence-electron chi connectivity index (χ4n) is 3.07. The van der Waals surface area contributed by atoms with E-state index in [2.05, 4.69) is 22.0 Å². The zero-order valence-electron chi connectivity index (χ0n) is 14.2. The molecule has 2 unspecified atom stereocenters. The largest absolute Gasteiger partial charge is 0.459 e. The molecular formula is C16H25N5O3. The molecular weight excluding hydrogens is 310 g/mol. The predicted octanol–water partition coefficient (Wildman–Crippen LogP) is 1.73. The number of nitrogens with zero attached hydrogens (tertiary/aromatic N) is 4. The van der Waals surface area contributed by atoms with E-state index in [9.17, 15) is 5.11 Å². The average Bonchev–Trinajstić information content (AvgIpc) is 2.99. The van der Waals surface area contributed by atoms with E-state index in [1.807, 2.05) is 6.92 Å². The molecule has 1 saturated heterocycles. The number of imidazole rings is 1. The third-order valence-electron chi connectivity index (χ3n) is 4.41. The Morgan fingerprint density at radius 3 is 2.92 bits per heavy atom. The number of fused-ring (bicyclic) bond motifs is 1. The second-order valence-corrected chi connectivity index (χ2v) is 6.31. The van der Waals surface area contributed by atoms with Crippen LogP contribution in [0.5, 0.6) is 6.01 Å². The van der Waals surface area contributed by atoms with E-state index in [4.69, 9.17) is 15.2 Å². The number of hydrogen-bond donors (Lipinski definition) is 2. The van der Waals surface area contributed by atoms with Crippen LogP contribution in [0.25, 0.3) is 5.65 Å². The third-order valence-corrected chi connectivity index (χ3v) is 4.41. The maximum Gasteiger partial charge on any atom is 0.336 e. The lowest BCUT2D eigenvalue weighted by atomic mass is 9.92. The van der Waals surface area contributed by atoms with Crippen LogP contribution in [-0.4, -0.2) is 44.0 Å². The van der Waals surface area contributed by atoms with E-state index in [1.54, 1.807) is 10.7 Å². The molecule has 0 amide bonds. The normalized spacial score (nSPS) is 18.6. The second kappa shape index (κ2) is 7.31. The molecule has 0 saturated carbocycles. The fraction of sp³-hybridized carbons (Fsp3) is 0.688. The molecule has 0 radical (unpaired) electrons. The highest BCUT2D eigenvalue weighted by atomic mass is 16.5. The Labute approximate surface area is 141 Å². The monoisotopic (exact) mass is 335 g/mol. The Hall–Kier alpha value is -1.93. The van der Waals surface area contributed by atoms with Crippen molar-refractivity contribution in [1.29, 1.82) is 0 Å². The Morgan fingerprint density at radius 2 is 2.21 bits per heavy atom. The fourth-order valence-corrected chi connectivity index (χ4v) is 3.07. The molecule has 0 aromatic carbocycles. The Kier molecular flexibility index (Phi) is 5.15. The summed E-state index contributed by atoms with van der Waals surface area (Å²) in [6, 6.07) is 0.208. The van der Waals surface area contributed by atoms with Crippen molar-refractivity contribution in [2.75, 3.05) is 18.9 Å². The smallest absolute Gasteiger partial charge is 0.336 e. The highest BCUT2D eigenvalue weighted by molar-refractivity contribution is 5.59. The summed E-state index contributed by atoms with van der Waals surface area (Å²) >= 11 is 0. The van der Waals surface area contributed by atoms with Gasteiger partial charge in [0, 0.05) is 13.2 Å². The van der Waals surface area contributed by atoms with Crippen LogP contribution in [0, 0.1) is 5.92 Å². The standard InChI is InChI=1S/C16H25N5O3/c1-3-4-10(2)24-16-19-14(17)15-18-9-12(21(15)20-16)13(22)11-5-7-23-8-6-11/h9-11,13,22H,3-8H2,1-2H3,(H2,17,19,20). The van der Waals surface area contributed by atoms with Gasteiger partial charge in [0.25, 0.3) is 0 Å². The van der Waals surface area contributed by atoms with Crippen LogP contribution in [0.3, 0.4) is 0 Å². The van der Waals surface area contributed by atoms with Crippen LogP contribution in [0.1, 0.15) is 51.3 Å². The molecule has 0 bridgehead atoms. The van der Waals surface area contributed by atoms with Gasteiger partial charge in [0.1, 0.15) is 6.10 Å². The van der Waals surface area contributed by atoms with Gasteiger partial charge < -0.3 is 20.3 Å². The molecule has 2 atom stereocenters. The van der Waals surface area contributed by atoms with E-state index in [0.29, 0.717) is 24.6 Å². The van der Waals surface area contributed by atoms with Gasteiger partial charge in [-0.1, -0.05) is 13.3 Å². The highest BCUT2D eigenvalue weighted by Crippen LogP contribution is 2.30. The van der Waals surface area contributed by atoms with Crippen molar-refractivity contribution in [3.8, 4) is 6.01 Å². The first-order chi connectivity index (χ1) is 11.6. The topological polar surface area (TPSA) is 108 Å². The zero-order valence-corrected chi connectivity index (χ0v) is 14.2. The molecule has 2 aromatic rings. The van der Waals surface area contributed by atoms with Crippen LogP contribution < -0.4 is 10.5 Å². The quantitative estimate of drug-likeness (QED) is 0.827. The maximum absolute atomic E-state index is 10.7. The van der Waals surface area contributed by atoms with Gasteiger partial charge in [-0.3, -0.25) is 0 Å². The van der Waals surface area contributed by atoms with Crippen molar-refractivity contribution in [1.82, 2.24) is 19.6 Å². The summed E-state index contributed by atoms with van der Waals surface area (Å²) in [5.41, 5.74) is 7.03. The number of aliphatic hydroxyl groups is 1. The first-order valence-electron chi connectivity index (χ1n) is 8.53. The van der Waals surface area contributed by atoms with Crippen LogP contribution in [0.15, 0.2) is 6.20 Å². The molecule has 3 rings (SSSR count). The molecule has 8 nitrogen and oxygen atoms in total. The van der Waals surface area contributed by atoms with Gasteiger partial charge >= 0.3 is 6.01 Å². The SMILES string of the molecule is CCCC(C)Oc1nc(N)c2ncc(C(O)C3CCOCC3)n2n1. The number of anilines is 1. The number of hydrogen-bond acceptors (Lipinski definition) is 7. The van der Waals surface area contributed by atoms with Gasteiger partial charge in [0.2, 0.25) is 0 Å². The summed E-state index contributed by atoms with van der Waals surface area (Å²) in [6.07, 6.45) is 4.48. The van der Waals surface area contributed by atoms with Gasteiger partial charge in [-0.15, -0.1) is 5.10 Å². The lowest BCUT2D eigenvalue weighted by Gasteiger charge is -2.26. The Balaban J connectivity index is 1.89. The molecule has 8 heteroatoms. The molecule has 2 aromatic heterocycles. The number of ether oxygens (including phenoxy) is 2. The second-order valence-electron chi connectivity index (χ2n) is 6.31. The molecule has 1 aliphatic heterocycles. The van der Waals surface area contributed by atoms with Gasteiger partial charge in [-0.25, -0.2) is 9.50 Å². The van der Waals surface area contributed by atoms with Crippen molar-refractivity contribution >= 4 is 11.5 Å². The lowest BCUT2D eigenvalue weighted by molar-refractivity contribution is 0.00483. The summed E-state index contributed by atoms with van der Waals surface area (Å²) in [5, 5.41) is 15.1. The summed E-state index contributed by atoms with van der Waals surface area (Å²) in [5.74, 6) is 0.368. The molecule has 0 spiro atoms. The van der Waals surface area contributed by atoms with Gasteiger partial charge in [-0.2, -0.15) is 4.98 Å². The number of nitrogen functional groups attached to an aromatic ring is 1. The minimum atomic E-state index is -0.667. The van der Waals surface area contributed by atoms with Gasteiger partial charge in [0.15, 0.2) is 11.5 Å². The summed E-state index contributed by atoms with van der Waals surface area (Å²) < 4.78 is 12.7. The van der Waals surface area contributed by atoms with E-state index in [1.165, 1.54) is 0 Å². The van der Waals surface area contributed by atoms with E-state index in [-0.39, 0.29) is 23.9 Å². The lowest BCUT2D eigenvalue weighted by Crippen LogP contribution is -2.23. The van der Waals surface area contributed by atoms with Crippen LogP contribution in [-0.2, 0) is 4.74 Å². The number of aromatic nitrogens is 4. The molecule has 132 valence electrons. The van der Waals surface area contributed by atoms with Crippen LogP contribution >= 0.6 is 0 Å². The number of rotatable bonds is 6. The van der Waals surface area contributed by atoms with Crippen molar-refractivity contribution in [3.63, 3.8) is 0 Å². The van der Waals surface area contributed by atoms with Crippen molar-refractivity contribution in [2.45, 2.75) is 51.7 Å². The maximum atomic E-state index is 10.7. The van der Waals surface area contributed by atoms with Crippen molar-refractivity contribution < 1.29 is 14.6 Å². The minimum absolute atomic E-state index is 0.000705. The summed E-state index contributed by atoms with van der Waals surface area (Å²) in [6.45, 7) is 5.40. The number of nitrogens with two attached hydrogens (primary N) is 1. The summed E-state index contributed by atoms with van der Waals surface area (Å²) in [4.78, 5) is 8.43. The Morgan fingerprint density at radius 1 is 1.46 bits per heavy atom. The molecule has 3 heterocycles. The molecule has 1 aliphatic rings. The van der Waals surface area contributed by atoms with E-state index >= 15 is 0 Å². The van der Waals surface area contributed by atoms with Crippen molar-refractivity contribution in [3.05, 3.63) is 11.9 Å². The minimum Gasteiger partial charge on any atom is -0.459 e. The Bertz CT molecular complexity index is 684. The molecule has 3 N–H and O–H groups in total. The van der Waals surface area contributed by atoms with Crippen LogP contribution in [0.4, 0.5) is 5.82 Å². The predicted molar refractivity (Wildman–Crippen MR) is 88.7 cm³/mol. The first-order valence-corrected chi connectivity index (χ1v) is 8.53. The molecule has 24 heavy (non-hydrogen) atoms. The average molecular weight is 335 g/mol. The van der Waals surface area contributed by atoms with Gasteiger partial charge in [0.05, 0.1) is 18.0 Å². The van der Waals surface area contributed by atoms with Gasteiger partial charge in [-0.05, 0) is 32.1 Å². The van der Waals surface area contributed by atoms with E-state index in [0.717, 1.165) is 25.7 Å². The third kappa shape index (κ3) is 3.44.